The van der Waals surface area contributed by atoms with E-state index in [1.54, 1.807) is 0 Å². The maximum Gasteiger partial charge on any atom is 0.220 e. The van der Waals surface area contributed by atoms with E-state index in [0.29, 0.717) is 49.6 Å². The second-order valence-corrected chi connectivity index (χ2v) is 12.5. The van der Waals surface area contributed by atoms with Crippen LogP contribution in [-0.4, -0.2) is 52.6 Å². The Morgan fingerprint density at radius 2 is 1.70 bits per heavy atom. The third kappa shape index (κ3) is 4.39. The zero-order valence-electron chi connectivity index (χ0n) is 21.0. The quantitative estimate of drug-likeness (QED) is 0.372. The van der Waals surface area contributed by atoms with E-state index >= 15 is 0 Å². The fourth-order valence-corrected chi connectivity index (χ4v) is 9.19. The molecule has 0 aromatic rings. The minimum atomic E-state index is -0.734. The van der Waals surface area contributed by atoms with E-state index < -0.39 is 12.2 Å². The molecule has 4 fully saturated rings. The molecule has 6 nitrogen and oxygen atoms in total. The standard InChI is InChI=1S/C27H48N2O4/c1-16(5-8-22(31)29-14-4-13-28)18-6-7-19-23-20(10-12-26(18,19)2)27(3)11-9-17(30)15-21(27)24(32)25(23)33/h16-21,23-25,30,32-33H,4-15,28H2,1-3H3,(H,29,31)/t16-,17-,18-,19+,20+,21+,23+,24+,25+,26-,27-/m0/s1. The topological polar surface area (TPSA) is 116 Å². The van der Waals surface area contributed by atoms with Gasteiger partial charge in [-0.1, -0.05) is 20.8 Å². The second-order valence-electron chi connectivity index (χ2n) is 12.5. The van der Waals surface area contributed by atoms with Crippen LogP contribution in [0.2, 0.25) is 0 Å². The van der Waals surface area contributed by atoms with Crippen LogP contribution in [0.25, 0.3) is 0 Å². The summed E-state index contributed by atoms with van der Waals surface area (Å²) in [5, 5.41) is 35.8. The van der Waals surface area contributed by atoms with Crippen molar-refractivity contribution in [2.75, 3.05) is 13.1 Å². The molecule has 190 valence electrons. The number of carbonyl (C=O) groups excluding carboxylic acids is 1. The molecule has 0 unspecified atom stereocenters. The molecule has 33 heavy (non-hydrogen) atoms. The van der Waals surface area contributed by atoms with Gasteiger partial charge in [-0.05, 0) is 111 Å². The van der Waals surface area contributed by atoms with E-state index in [4.69, 9.17) is 5.73 Å². The highest BCUT2D eigenvalue weighted by Gasteiger charge is 2.65. The highest BCUT2D eigenvalue weighted by Crippen LogP contribution is 2.68. The maximum atomic E-state index is 12.2. The van der Waals surface area contributed by atoms with Crippen molar-refractivity contribution >= 4 is 5.91 Å². The number of hydrogen-bond donors (Lipinski definition) is 5. The average molecular weight is 465 g/mol. The summed E-state index contributed by atoms with van der Waals surface area (Å²) < 4.78 is 0. The summed E-state index contributed by atoms with van der Waals surface area (Å²) in [4.78, 5) is 12.2. The summed E-state index contributed by atoms with van der Waals surface area (Å²) in [6, 6.07) is 0. The first kappa shape index (κ1) is 25.4. The number of nitrogens with two attached hydrogens (primary N) is 1. The number of carbonyl (C=O) groups is 1. The van der Waals surface area contributed by atoms with Crippen LogP contribution in [0.4, 0.5) is 0 Å². The van der Waals surface area contributed by atoms with Gasteiger partial charge in [-0.15, -0.1) is 0 Å². The van der Waals surface area contributed by atoms with Gasteiger partial charge >= 0.3 is 0 Å². The van der Waals surface area contributed by atoms with Crippen molar-refractivity contribution in [1.82, 2.24) is 5.32 Å². The predicted octanol–water partition coefficient (Wildman–Crippen LogP) is 2.83. The van der Waals surface area contributed by atoms with Crippen LogP contribution in [0.15, 0.2) is 0 Å². The van der Waals surface area contributed by atoms with Gasteiger partial charge in [0.25, 0.3) is 0 Å². The lowest BCUT2D eigenvalue weighted by atomic mass is 9.43. The maximum absolute atomic E-state index is 12.2. The minimum Gasteiger partial charge on any atom is -0.393 e. The van der Waals surface area contributed by atoms with Gasteiger partial charge in [-0.2, -0.15) is 0 Å². The van der Waals surface area contributed by atoms with Gasteiger partial charge in [-0.3, -0.25) is 4.79 Å². The second kappa shape index (κ2) is 9.75. The summed E-state index contributed by atoms with van der Waals surface area (Å²) >= 11 is 0. The van der Waals surface area contributed by atoms with Crippen molar-refractivity contribution in [2.45, 2.75) is 103 Å². The number of fused-ring (bicyclic) bond motifs is 5. The zero-order valence-corrected chi connectivity index (χ0v) is 21.0. The Morgan fingerprint density at radius 3 is 2.42 bits per heavy atom. The third-order valence-corrected chi connectivity index (χ3v) is 11.0. The highest BCUT2D eigenvalue weighted by molar-refractivity contribution is 5.75. The highest BCUT2D eigenvalue weighted by atomic mass is 16.3. The average Bonchev–Trinajstić information content (AvgIpc) is 3.14. The molecule has 4 saturated carbocycles. The molecule has 0 heterocycles. The molecule has 4 aliphatic carbocycles. The van der Waals surface area contributed by atoms with Crippen molar-refractivity contribution in [3.63, 3.8) is 0 Å². The Morgan fingerprint density at radius 1 is 1.00 bits per heavy atom. The van der Waals surface area contributed by atoms with Crippen LogP contribution in [0, 0.1) is 46.3 Å². The summed E-state index contributed by atoms with van der Waals surface area (Å²) in [5.41, 5.74) is 5.69. The van der Waals surface area contributed by atoms with Gasteiger partial charge in [0, 0.05) is 13.0 Å². The van der Waals surface area contributed by atoms with E-state index in [2.05, 4.69) is 26.1 Å². The first-order valence-electron chi connectivity index (χ1n) is 13.6. The lowest BCUT2D eigenvalue weighted by Gasteiger charge is -2.63. The largest absolute Gasteiger partial charge is 0.393 e. The smallest absolute Gasteiger partial charge is 0.220 e. The van der Waals surface area contributed by atoms with Gasteiger partial charge < -0.3 is 26.4 Å². The van der Waals surface area contributed by atoms with Gasteiger partial charge in [0.15, 0.2) is 0 Å². The Balaban J connectivity index is 1.46. The van der Waals surface area contributed by atoms with E-state index in [-0.39, 0.29) is 34.7 Å². The summed E-state index contributed by atoms with van der Waals surface area (Å²) in [7, 11) is 0. The first-order valence-corrected chi connectivity index (χ1v) is 13.6. The van der Waals surface area contributed by atoms with E-state index in [0.717, 1.165) is 44.9 Å². The van der Waals surface area contributed by atoms with E-state index in [1.807, 2.05) is 0 Å². The van der Waals surface area contributed by atoms with Crippen molar-refractivity contribution in [1.29, 1.82) is 0 Å². The van der Waals surface area contributed by atoms with Crippen LogP contribution in [0.5, 0.6) is 0 Å². The summed E-state index contributed by atoms with van der Waals surface area (Å²) in [6.07, 6.45) is 7.44. The van der Waals surface area contributed by atoms with E-state index in [9.17, 15) is 20.1 Å². The van der Waals surface area contributed by atoms with Gasteiger partial charge in [0.1, 0.15) is 0 Å². The number of aliphatic hydroxyl groups excluding tert-OH is 3. The Labute approximate surface area is 200 Å². The first-order chi connectivity index (χ1) is 15.6. The molecule has 0 bridgehead atoms. The number of nitrogens with one attached hydrogen (secondary N) is 1. The van der Waals surface area contributed by atoms with Gasteiger partial charge in [-0.25, -0.2) is 0 Å². The van der Waals surface area contributed by atoms with E-state index in [1.165, 1.54) is 6.42 Å². The molecule has 4 rings (SSSR count). The lowest BCUT2D eigenvalue weighted by molar-refractivity contribution is -0.223. The van der Waals surface area contributed by atoms with Crippen LogP contribution < -0.4 is 11.1 Å². The molecule has 4 aliphatic rings. The SMILES string of the molecule is C[C@@H](CCC(=O)NCCCN)[C@@H]1CC[C@@H]2[C@H]3[C@@H](O)[C@H](O)[C@H]4C[C@@H](O)CC[C@@]4(C)[C@@H]3CC[C@]21C. The molecule has 1 amide bonds. The molecule has 0 spiro atoms. The Hall–Kier alpha value is -0.690. The summed E-state index contributed by atoms with van der Waals surface area (Å²) in [6.45, 7) is 8.33. The Kier molecular flexibility index (Phi) is 7.51. The molecular formula is C27H48N2O4. The lowest BCUT2D eigenvalue weighted by Crippen LogP contribution is -2.64. The van der Waals surface area contributed by atoms with Crippen LogP contribution in [-0.2, 0) is 4.79 Å². The molecule has 11 atom stereocenters. The van der Waals surface area contributed by atoms with Gasteiger partial charge in [0.2, 0.25) is 5.91 Å². The number of amides is 1. The predicted molar refractivity (Wildman–Crippen MR) is 129 cm³/mol. The normalized spacial score (nSPS) is 47.8. The fraction of sp³-hybridized carbons (Fsp3) is 0.963. The third-order valence-electron chi connectivity index (χ3n) is 11.0. The van der Waals surface area contributed by atoms with Crippen molar-refractivity contribution in [3.8, 4) is 0 Å². The monoisotopic (exact) mass is 464 g/mol. The molecule has 6 heteroatoms. The number of rotatable bonds is 7. The van der Waals surface area contributed by atoms with Gasteiger partial charge in [0.05, 0.1) is 18.3 Å². The zero-order chi connectivity index (χ0) is 24.0. The van der Waals surface area contributed by atoms with Crippen LogP contribution in [0.3, 0.4) is 0 Å². The van der Waals surface area contributed by atoms with Crippen molar-refractivity contribution < 1.29 is 20.1 Å². The number of aliphatic hydroxyl groups is 3. The van der Waals surface area contributed by atoms with Crippen LogP contribution in [0.1, 0.15) is 85.0 Å². The molecule has 0 aliphatic heterocycles. The van der Waals surface area contributed by atoms with Crippen molar-refractivity contribution in [3.05, 3.63) is 0 Å². The fourth-order valence-electron chi connectivity index (χ4n) is 9.19. The molecule has 0 radical (unpaired) electrons. The summed E-state index contributed by atoms with van der Waals surface area (Å²) in [5.74, 6) is 2.15. The molecular weight excluding hydrogens is 416 g/mol. The molecule has 0 aromatic carbocycles. The molecule has 6 N–H and O–H groups in total. The molecule has 0 saturated heterocycles. The van der Waals surface area contributed by atoms with Crippen LogP contribution >= 0.6 is 0 Å². The number of hydrogen-bond acceptors (Lipinski definition) is 5. The minimum absolute atomic E-state index is 0.00392. The molecule has 0 aromatic heterocycles. The Bertz CT molecular complexity index is 704. The van der Waals surface area contributed by atoms with Crippen molar-refractivity contribution in [2.24, 2.45) is 52.1 Å².